The van der Waals surface area contributed by atoms with Gasteiger partial charge in [-0.3, -0.25) is 19.7 Å². The Morgan fingerprint density at radius 3 is 2.58 bits per heavy atom. The van der Waals surface area contributed by atoms with Crippen molar-refractivity contribution in [1.82, 2.24) is 5.32 Å². The molecule has 1 heterocycles. The molecule has 1 fully saturated rings. The minimum atomic E-state index is -0.878. The van der Waals surface area contributed by atoms with Crippen LogP contribution in [0.25, 0.3) is 6.08 Å². The molecule has 0 aliphatic carbocycles. The number of halogens is 1. The number of nitrogens with zero attached hydrogens (tertiary/aromatic N) is 1. The lowest BCUT2D eigenvalue weighted by atomic mass is 10.1. The minimum Gasteiger partial charge on any atom is -0.483 e. The number of carbonyl (C=O) groups excluding carboxylic acids is 4. The molecule has 182 valence electrons. The normalized spacial score (nSPS) is 14.6. The van der Waals surface area contributed by atoms with Gasteiger partial charge < -0.3 is 10.1 Å². The zero-order valence-electron chi connectivity index (χ0n) is 19.5. The summed E-state index contributed by atoms with van der Waals surface area (Å²) in [5.74, 6) is -1.73. The third-order valence-electron chi connectivity index (χ3n) is 5.41. The van der Waals surface area contributed by atoms with Crippen molar-refractivity contribution in [2.45, 2.75) is 13.8 Å². The molecule has 0 saturated carbocycles. The van der Waals surface area contributed by atoms with Crippen LogP contribution in [0.3, 0.4) is 0 Å². The fourth-order valence-corrected chi connectivity index (χ4v) is 3.78. The molecule has 1 saturated heterocycles. The van der Waals surface area contributed by atoms with Gasteiger partial charge in [-0.1, -0.05) is 48.0 Å². The first-order chi connectivity index (χ1) is 17.2. The van der Waals surface area contributed by atoms with Crippen LogP contribution >= 0.6 is 11.6 Å². The molecule has 3 aromatic rings. The zero-order valence-corrected chi connectivity index (χ0v) is 20.3. The molecule has 0 radical (unpaired) electrons. The van der Waals surface area contributed by atoms with Gasteiger partial charge in [0.25, 0.3) is 17.7 Å². The predicted molar refractivity (Wildman–Crippen MR) is 137 cm³/mol. The summed E-state index contributed by atoms with van der Waals surface area (Å²) >= 11 is 6.00. The van der Waals surface area contributed by atoms with E-state index in [1.54, 1.807) is 36.4 Å². The van der Waals surface area contributed by atoms with Crippen LogP contribution in [0.2, 0.25) is 5.02 Å². The zero-order chi connectivity index (χ0) is 25.8. The highest BCUT2D eigenvalue weighted by Gasteiger charge is 2.37. The molecule has 1 aliphatic rings. The highest BCUT2D eigenvalue weighted by Crippen LogP contribution is 2.27. The molecule has 0 spiro atoms. The first kappa shape index (κ1) is 24.7. The second-order valence-electron chi connectivity index (χ2n) is 8.13. The largest absolute Gasteiger partial charge is 0.483 e. The number of hydrogen-bond acceptors (Lipinski definition) is 5. The summed E-state index contributed by atoms with van der Waals surface area (Å²) in [5.41, 5.74) is 2.95. The van der Waals surface area contributed by atoms with Gasteiger partial charge >= 0.3 is 6.03 Å². The van der Waals surface area contributed by atoms with Crippen LogP contribution in [-0.4, -0.2) is 30.4 Å². The smallest absolute Gasteiger partial charge is 0.335 e. The SMILES string of the molecule is Cc1ccc(C)c(NC(=O)COc2ccccc2/C=C2\C(=O)NC(=O)N(c3cccc(Cl)c3)C2=O)c1. The molecule has 0 unspecified atom stereocenters. The number of hydrogen-bond donors (Lipinski definition) is 2. The number of carbonyl (C=O) groups is 4. The Labute approximate surface area is 212 Å². The van der Waals surface area contributed by atoms with Crippen molar-refractivity contribution in [2.24, 2.45) is 0 Å². The Hall–Kier alpha value is -4.43. The Morgan fingerprint density at radius 2 is 1.81 bits per heavy atom. The molecule has 0 atom stereocenters. The van der Waals surface area contributed by atoms with Crippen molar-refractivity contribution in [3.8, 4) is 5.75 Å². The number of anilines is 2. The van der Waals surface area contributed by atoms with Gasteiger partial charge in [-0.05, 0) is 61.4 Å². The molecule has 1 aliphatic heterocycles. The molecule has 4 rings (SSSR count). The van der Waals surface area contributed by atoms with Crippen LogP contribution in [0.4, 0.5) is 16.2 Å². The fourth-order valence-electron chi connectivity index (χ4n) is 3.59. The summed E-state index contributed by atoms with van der Waals surface area (Å²) in [4.78, 5) is 51.4. The Morgan fingerprint density at radius 1 is 1.03 bits per heavy atom. The van der Waals surface area contributed by atoms with Gasteiger partial charge in [0.2, 0.25) is 0 Å². The van der Waals surface area contributed by atoms with E-state index < -0.39 is 17.8 Å². The quantitative estimate of drug-likeness (QED) is 0.376. The number of nitrogens with one attached hydrogen (secondary N) is 2. The lowest BCUT2D eigenvalue weighted by Crippen LogP contribution is -2.54. The molecular weight excluding hydrogens is 482 g/mol. The Balaban J connectivity index is 1.55. The molecule has 5 amide bonds. The minimum absolute atomic E-state index is 0.219. The van der Waals surface area contributed by atoms with Crippen LogP contribution in [-0.2, 0) is 14.4 Å². The van der Waals surface area contributed by atoms with Crippen LogP contribution in [0.5, 0.6) is 5.75 Å². The third kappa shape index (κ3) is 5.45. The maximum Gasteiger partial charge on any atom is 0.335 e. The fraction of sp³-hybridized carbons (Fsp3) is 0.111. The van der Waals surface area contributed by atoms with E-state index in [1.165, 1.54) is 18.2 Å². The van der Waals surface area contributed by atoms with Crippen LogP contribution in [0.1, 0.15) is 16.7 Å². The molecule has 0 aromatic heterocycles. The van der Waals surface area contributed by atoms with Crippen molar-refractivity contribution < 1.29 is 23.9 Å². The predicted octanol–water partition coefficient (Wildman–Crippen LogP) is 4.64. The molecule has 36 heavy (non-hydrogen) atoms. The number of barbiturate groups is 1. The number of benzene rings is 3. The monoisotopic (exact) mass is 503 g/mol. The summed E-state index contributed by atoms with van der Waals surface area (Å²) in [6, 6.07) is 17.7. The van der Waals surface area contributed by atoms with E-state index in [0.717, 1.165) is 16.0 Å². The number of para-hydroxylation sites is 1. The second-order valence-corrected chi connectivity index (χ2v) is 8.57. The molecule has 8 nitrogen and oxygen atoms in total. The van der Waals surface area contributed by atoms with E-state index in [4.69, 9.17) is 16.3 Å². The summed E-state index contributed by atoms with van der Waals surface area (Å²) in [7, 11) is 0. The van der Waals surface area contributed by atoms with E-state index in [0.29, 0.717) is 16.3 Å². The van der Waals surface area contributed by atoms with Crippen molar-refractivity contribution in [3.63, 3.8) is 0 Å². The van der Waals surface area contributed by atoms with Gasteiger partial charge in [0.05, 0.1) is 5.69 Å². The summed E-state index contributed by atoms with van der Waals surface area (Å²) in [6.07, 6.45) is 1.32. The standard InChI is InChI=1S/C27H22ClN3O5/c1-16-10-11-17(2)22(12-16)29-24(32)15-36-23-9-4-3-6-18(23)13-21-25(33)30-27(35)31(26(21)34)20-8-5-7-19(28)14-20/h3-14H,15H2,1-2H3,(H,29,32)(H,30,33,35)/b21-13+. The molecule has 0 bridgehead atoms. The topological polar surface area (TPSA) is 105 Å². The number of imide groups is 2. The lowest BCUT2D eigenvalue weighted by Gasteiger charge is -2.26. The average molecular weight is 504 g/mol. The van der Waals surface area contributed by atoms with Gasteiger partial charge in [0, 0.05) is 16.3 Å². The Bertz CT molecular complexity index is 1420. The number of aryl methyl sites for hydroxylation is 2. The third-order valence-corrected chi connectivity index (χ3v) is 5.65. The van der Waals surface area contributed by atoms with E-state index in [1.807, 2.05) is 32.0 Å². The number of rotatable bonds is 6. The lowest BCUT2D eigenvalue weighted by molar-refractivity contribution is -0.122. The van der Waals surface area contributed by atoms with Gasteiger partial charge in [-0.25, -0.2) is 9.69 Å². The summed E-state index contributed by atoms with van der Waals surface area (Å²) in [5, 5.41) is 5.31. The van der Waals surface area contributed by atoms with Gasteiger partial charge in [0.15, 0.2) is 6.61 Å². The number of ether oxygens (including phenoxy) is 1. The number of amides is 5. The highest BCUT2D eigenvalue weighted by molar-refractivity contribution is 6.39. The van der Waals surface area contributed by atoms with Crippen molar-refractivity contribution >= 4 is 52.8 Å². The van der Waals surface area contributed by atoms with Gasteiger partial charge in [-0.2, -0.15) is 0 Å². The average Bonchev–Trinajstić information content (AvgIpc) is 2.83. The molecule has 3 aromatic carbocycles. The first-order valence-corrected chi connectivity index (χ1v) is 11.4. The second kappa shape index (κ2) is 10.5. The van der Waals surface area contributed by atoms with Crippen molar-refractivity contribution in [2.75, 3.05) is 16.8 Å². The van der Waals surface area contributed by atoms with E-state index in [2.05, 4.69) is 10.6 Å². The Kier molecular flexibility index (Phi) is 7.17. The van der Waals surface area contributed by atoms with E-state index in [9.17, 15) is 19.2 Å². The highest BCUT2D eigenvalue weighted by atomic mass is 35.5. The maximum absolute atomic E-state index is 13.1. The van der Waals surface area contributed by atoms with Gasteiger partial charge in [0.1, 0.15) is 11.3 Å². The van der Waals surface area contributed by atoms with Crippen LogP contribution < -0.4 is 20.3 Å². The number of urea groups is 1. The molecule has 2 N–H and O–H groups in total. The molecular formula is C27H22ClN3O5. The van der Waals surface area contributed by atoms with Crippen molar-refractivity contribution in [1.29, 1.82) is 0 Å². The first-order valence-electron chi connectivity index (χ1n) is 11.0. The molecule has 9 heteroatoms. The van der Waals surface area contributed by atoms with E-state index in [-0.39, 0.29) is 29.5 Å². The van der Waals surface area contributed by atoms with Crippen molar-refractivity contribution in [3.05, 3.63) is 94.0 Å². The summed E-state index contributed by atoms with van der Waals surface area (Å²) < 4.78 is 5.70. The van der Waals surface area contributed by atoms with Gasteiger partial charge in [-0.15, -0.1) is 0 Å². The van der Waals surface area contributed by atoms with Crippen LogP contribution in [0, 0.1) is 13.8 Å². The maximum atomic E-state index is 13.1. The van der Waals surface area contributed by atoms with E-state index >= 15 is 0 Å². The summed E-state index contributed by atoms with van der Waals surface area (Å²) in [6.45, 7) is 3.53. The van der Waals surface area contributed by atoms with Crippen LogP contribution in [0.15, 0.2) is 72.3 Å².